The van der Waals surface area contributed by atoms with Gasteiger partial charge in [0.2, 0.25) is 0 Å². The molecule has 0 radical (unpaired) electrons. The maximum absolute atomic E-state index is 3.36. The Morgan fingerprint density at radius 3 is 0.905 bits per heavy atom. The molecule has 0 aromatic rings. The van der Waals surface area contributed by atoms with E-state index in [1.165, 1.54) is 12.3 Å². The zero-order chi connectivity index (χ0) is 16.3. The Bertz CT molecular complexity index is 195. The molecule has 0 saturated heterocycles. The van der Waals surface area contributed by atoms with Crippen molar-refractivity contribution < 1.29 is 21.1 Å². The van der Waals surface area contributed by atoms with Gasteiger partial charge in [0.05, 0.1) is 0 Å². The van der Waals surface area contributed by atoms with E-state index < -0.39 is 0 Å². The van der Waals surface area contributed by atoms with Gasteiger partial charge in [-0.1, -0.05) is 55.4 Å². The van der Waals surface area contributed by atoms with Crippen LogP contribution < -0.4 is 0 Å². The normalized spacial score (nSPS) is 11.7. The zero-order valence-electron chi connectivity index (χ0n) is 15.5. The fraction of sp³-hybridized carbons (Fsp3) is 0.778. The molecule has 0 unspecified atom stereocenters. The summed E-state index contributed by atoms with van der Waals surface area (Å²) in [5.41, 5.74) is 3.63. The molecular weight excluding hydrogens is 473 g/mol. The largest absolute Gasteiger partial charge is 2.00 e. The average molecular weight is 512 g/mol. The van der Waals surface area contributed by atoms with Crippen molar-refractivity contribution in [3.8, 4) is 0 Å². The molecule has 0 bridgehead atoms. The van der Waals surface area contributed by atoms with Crippen LogP contribution >= 0.6 is 15.8 Å². The van der Waals surface area contributed by atoms with Crippen molar-refractivity contribution in [2.75, 3.05) is 12.3 Å². The van der Waals surface area contributed by atoms with Crippen LogP contribution in [0, 0.1) is 13.8 Å². The molecule has 0 nitrogen and oxygen atoms in total. The molecule has 0 aliphatic heterocycles. The summed E-state index contributed by atoms with van der Waals surface area (Å²) in [6, 6.07) is 0. The van der Waals surface area contributed by atoms with Gasteiger partial charge in [0.15, 0.2) is 0 Å². The number of rotatable bonds is 7. The van der Waals surface area contributed by atoms with Crippen LogP contribution in [0.3, 0.4) is 0 Å². The Balaban J connectivity index is -0.000000572. The zero-order valence-corrected chi connectivity index (χ0v) is 19.6. The third-order valence-corrected chi connectivity index (χ3v) is 10.6. The van der Waals surface area contributed by atoms with Gasteiger partial charge < -0.3 is 26.0 Å². The minimum Gasteiger partial charge on any atom is -0.382 e. The summed E-state index contributed by atoms with van der Waals surface area (Å²) in [5, 5.41) is 0. The standard InChI is InChI=1S/C14H32P2.C4H6.Pt/c1-11(2)15(12(3)4)9-10-16(13(5)6)14(7)8;1-3-4-2;/h11-14H,9-10H2,1-8H3;3-4H,1-2H2;/q;-2;+2/b;4-3-;. The topological polar surface area (TPSA) is 0 Å². The molecule has 0 aromatic carbocycles. The van der Waals surface area contributed by atoms with E-state index in [2.05, 4.69) is 69.2 Å². The quantitative estimate of drug-likeness (QED) is 0.261. The van der Waals surface area contributed by atoms with Crippen molar-refractivity contribution in [1.29, 1.82) is 0 Å². The molecule has 0 N–H and O–H groups in total. The van der Waals surface area contributed by atoms with Gasteiger partial charge in [-0.05, 0) is 35.0 Å². The van der Waals surface area contributed by atoms with Crippen molar-refractivity contribution >= 4 is 15.8 Å². The molecule has 0 aliphatic rings. The van der Waals surface area contributed by atoms with E-state index >= 15 is 0 Å². The molecule has 0 amide bonds. The molecular formula is C18H38P2Pt. The Labute approximate surface area is 153 Å². The van der Waals surface area contributed by atoms with Crippen molar-refractivity contribution in [3.05, 3.63) is 26.0 Å². The summed E-state index contributed by atoms with van der Waals surface area (Å²) < 4.78 is 0. The van der Waals surface area contributed by atoms with E-state index in [1.807, 2.05) is 0 Å². The van der Waals surface area contributed by atoms with Crippen LogP contribution in [-0.4, -0.2) is 35.0 Å². The van der Waals surface area contributed by atoms with Gasteiger partial charge in [0.1, 0.15) is 0 Å². The van der Waals surface area contributed by atoms with Crippen LogP contribution in [-0.2, 0) is 21.1 Å². The first-order valence-corrected chi connectivity index (χ1v) is 11.3. The van der Waals surface area contributed by atoms with Crippen molar-refractivity contribution in [2.45, 2.75) is 78.0 Å². The van der Waals surface area contributed by atoms with Gasteiger partial charge >= 0.3 is 21.1 Å². The first-order chi connectivity index (χ1) is 9.18. The van der Waals surface area contributed by atoms with Gasteiger partial charge in [-0.25, -0.2) is 0 Å². The second-order valence-corrected chi connectivity index (χ2v) is 13.4. The van der Waals surface area contributed by atoms with E-state index in [0.29, 0.717) is 0 Å². The summed E-state index contributed by atoms with van der Waals surface area (Å²) in [5.74, 6) is 0. The molecule has 0 saturated carbocycles. The Hall–Kier alpha value is 1.03. The Morgan fingerprint density at radius 1 is 0.619 bits per heavy atom. The van der Waals surface area contributed by atoms with Crippen LogP contribution in [0.15, 0.2) is 12.2 Å². The predicted molar refractivity (Wildman–Crippen MR) is 104 cm³/mol. The summed E-state index contributed by atoms with van der Waals surface area (Å²) in [4.78, 5) is 0. The van der Waals surface area contributed by atoms with Crippen LogP contribution in [0.2, 0.25) is 0 Å². The summed E-state index contributed by atoms with van der Waals surface area (Å²) in [7, 11) is 0.511. The first kappa shape index (κ1) is 26.9. The third-order valence-electron chi connectivity index (χ3n) is 3.44. The SMILES string of the molecule is CC(C)P(CCP(C(C)C)C(C)C)C(C)C.[CH2-]/C=C\[CH2-].[Pt+2]. The van der Waals surface area contributed by atoms with Gasteiger partial charge in [0, 0.05) is 0 Å². The fourth-order valence-corrected chi connectivity index (χ4v) is 8.75. The molecule has 0 spiro atoms. The van der Waals surface area contributed by atoms with Crippen LogP contribution in [0.25, 0.3) is 0 Å². The summed E-state index contributed by atoms with van der Waals surface area (Å²) in [6.07, 6.45) is 6.29. The first-order valence-electron chi connectivity index (χ1n) is 7.93. The molecule has 0 fully saturated rings. The van der Waals surface area contributed by atoms with Crippen molar-refractivity contribution in [1.82, 2.24) is 0 Å². The molecule has 0 heterocycles. The van der Waals surface area contributed by atoms with Crippen molar-refractivity contribution in [2.24, 2.45) is 0 Å². The molecule has 21 heavy (non-hydrogen) atoms. The van der Waals surface area contributed by atoms with E-state index in [1.54, 1.807) is 12.2 Å². The van der Waals surface area contributed by atoms with Gasteiger partial charge in [-0.3, -0.25) is 0 Å². The maximum Gasteiger partial charge on any atom is 2.00 e. The Kier molecular flexibility index (Phi) is 20.4. The third kappa shape index (κ3) is 14.4. The van der Waals surface area contributed by atoms with Gasteiger partial charge in [-0.2, -0.15) is 0 Å². The molecule has 130 valence electrons. The van der Waals surface area contributed by atoms with Gasteiger partial charge in [0.25, 0.3) is 0 Å². The van der Waals surface area contributed by atoms with Crippen LogP contribution in [0.1, 0.15) is 55.4 Å². The van der Waals surface area contributed by atoms with E-state index in [4.69, 9.17) is 0 Å². The summed E-state index contributed by atoms with van der Waals surface area (Å²) >= 11 is 0. The minimum atomic E-state index is 0. The van der Waals surface area contributed by atoms with E-state index in [0.717, 1.165) is 22.6 Å². The molecule has 0 aliphatic carbocycles. The van der Waals surface area contributed by atoms with Gasteiger partial charge in [-0.15, -0.1) is 15.8 Å². The molecule has 3 heteroatoms. The van der Waals surface area contributed by atoms with Crippen LogP contribution in [0.4, 0.5) is 0 Å². The van der Waals surface area contributed by atoms with E-state index in [9.17, 15) is 0 Å². The fourth-order valence-electron chi connectivity index (χ4n) is 2.46. The van der Waals surface area contributed by atoms with Crippen LogP contribution in [0.5, 0.6) is 0 Å². The second kappa shape index (κ2) is 15.9. The smallest absolute Gasteiger partial charge is 0.382 e. The summed E-state index contributed by atoms with van der Waals surface area (Å²) in [6.45, 7) is 26.0. The minimum absolute atomic E-state index is 0. The number of allylic oxidation sites excluding steroid dienone is 2. The number of hydrogen-bond acceptors (Lipinski definition) is 0. The Morgan fingerprint density at radius 2 is 0.810 bits per heavy atom. The number of hydrogen-bond donors (Lipinski definition) is 0. The second-order valence-electron chi connectivity index (χ2n) is 6.32. The van der Waals surface area contributed by atoms with Crippen molar-refractivity contribution in [3.63, 3.8) is 0 Å². The average Bonchev–Trinajstić information content (AvgIpc) is 2.32. The molecule has 0 atom stereocenters. The van der Waals surface area contributed by atoms with E-state index in [-0.39, 0.29) is 36.9 Å². The predicted octanol–water partition coefficient (Wildman–Crippen LogP) is 6.79. The molecule has 0 aromatic heterocycles. The maximum atomic E-state index is 3.36. The molecule has 0 rings (SSSR count). The monoisotopic (exact) mass is 511 g/mol.